The molecule has 0 heterocycles. The number of carbonyl (C=O) groups is 2. The van der Waals surface area contributed by atoms with Crippen LogP contribution in [-0.2, 0) is 16.0 Å². The first-order valence-electron chi connectivity index (χ1n) is 6.27. The zero-order valence-corrected chi connectivity index (χ0v) is 10.8. The van der Waals surface area contributed by atoms with Crippen molar-refractivity contribution in [3.8, 4) is 0 Å². The maximum Gasteiger partial charge on any atom is 0.303 e. The molecule has 0 aliphatic rings. The molecule has 0 saturated carbocycles. The van der Waals surface area contributed by atoms with Crippen molar-refractivity contribution in [2.24, 2.45) is 0 Å². The fraction of sp³-hybridized carbons (Fsp3) is 0.333. The van der Waals surface area contributed by atoms with Crippen molar-refractivity contribution in [1.29, 1.82) is 0 Å². The zero-order valence-electron chi connectivity index (χ0n) is 10.8. The third kappa shape index (κ3) is 6.41. The minimum absolute atomic E-state index is 0.0117. The highest BCUT2D eigenvalue weighted by atomic mass is 16.4. The molecule has 19 heavy (non-hydrogen) atoms. The first-order chi connectivity index (χ1) is 9.11. The maximum atomic E-state index is 11.6. The van der Waals surface area contributed by atoms with Crippen molar-refractivity contribution in [2.75, 3.05) is 0 Å². The van der Waals surface area contributed by atoms with E-state index in [1.165, 1.54) is 0 Å². The number of benzene rings is 1. The number of hydrogen-bond donors (Lipinski definition) is 2. The summed E-state index contributed by atoms with van der Waals surface area (Å²) in [4.78, 5) is 22.0. The standard InChI is InChI=1S/C15H19NO3/c1-2-6-13(11-12-7-4-3-5-8-12)16-14(17)9-10-15(18)19/h2-5,7-8,13H,1,6,9-11H2,(H,16,17)(H,18,19)/t13-/m0/s1. The number of rotatable bonds is 8. The summed E-state index contributed by atoms with van der Waals surface area (Å²) in [6.45, 7) is 3.68. The Hall–Kier alpha value is -2.10. The van der Waals surface area contributed by atoms with E-state index in [0.717, 1.165) is 5.56 Å². The van der Waals surface area contributed by atoms with Crippen molar-refractivity contribution in [1.82, 2.24) is 5.32 Å². The third-order valence-corrected chi connectivity index (χ3v) is 2.71. The van der Waals surface area contributed by atoms with Crippen LogP contribution < -0.4 is 5.32 Å². The summed E-state index contributed by atoms with van der Waals surface area (Å²) in [5, 5.41) is 11.4. The van der Waals surface area contributed by atoms with Gasteiger partial charge < -0.3 is 10.4 Å². The van der Waals surface area contributed by atoms with Gasteiger partial charge in [0.1, 0.15) is 0 Å². The average Bonchev–Trinajstić information content (AvgIpc) is 2.38. The Balaban J connectivity index is 2.50. The lowest BCUT2D eigenvalue weighted by molar-refractivity contribution is -0.138. The molecule has 0 unspecified atom stereocenters. The van der Waals surface area contributed by atoms with Crippen LogP contribution >= 0.6 is 0 Å². The van der Waals surface area contributed by atoms with Crippen LogP contribution in [0.4, 0.5) is 0 Å². The van der Waals surface area contributed by atoms with Gasteiger partial charge in [0, 0.05) is 12.5 Å². The lowest BCUT2D eigenvalue weighted by atomic mass is 10.0. The van der Waals surface area contributed by atoms with Crippen LogP contribution in [0.1, 0.15) is 24.8 Å². The molecule has 102 valence electrons. The molecule has 4 heteroatoms. The van der Waals surface area contributed by atoms with Crippen molar-refractivity contribution in [3.05, 3.63) is 48.6 Å². The first-order valence-corrected chi connectivity index (χ1v) is 6.27. The van der Waals surface area contributed by atoms with Crippen molar-refractivity contribution in [3.63, 3.8) is 0 Å². The molecule has 0 aliphatic heterocycles. The Morgan fingerprint density at radius 2 is 1.95 bits per heavy atom. The molecular weight excluding hydrogens is 242 g/mol. The summed E-state index contributed by atoms with van der Waals surface area (Å²) in [5.41, 5.74) is 1.13. The summed E-state index contributed by atoms with van der Waals surface area (Å²) in [7, 11) is 0. The fourth-order valence-corrected chi connectivity index (χ4v) is 1.81. The monoisotopic (exact) mass is 261 g/mol. The van der Waals surface area contributed by atoms with Gasteiger partial charge in [0.2, 0.25) is 5.91 Å². The summed E-state index contributed by atoms with van der Waals surface area (Å²) >= 11 is 0. The second kappa shape index (κ2) is 8.08. The van der Waals surface area contributed by atoms with E-state index in [4.69, 9.17) is 5.11 Å². The second-order valence-corrected chi connectivity index (χ2v) is 4.37. The number of carbonyl (C=O) groups excluding carboxylic acids is 1. The van der Waals surface area contributed by atoms with E-state index >= 15 is 0 Å². The summed E-state index contributed by atoms with van der Waals surface area (Å²) in [6, 6.07) is 9.80. The highest BCUT2D eigenvalue weighted by Crippen LogP contribution is 2.07. The Morgan fingerprint density at radius 1 is 1.26 bits per heavy atom. The summed E-state index contributed by atoms with van der Waals surface area (Å²) in [5.74, 6) is -1.19. The van der Waals surface area contributed by atoms with E-state index in [1.807, 2.05) is 30.3 Å². The van der Waals surface area contributed by atoms with Gasteiger partial charge in [-0.25, -0.2) is 0 Å². The molecule has 0 fully saturated rings. The molecule has 1 aromatic rings. The molecule has 0 aromatic heterocycles. The molecule has 4 nitrogen and oxygen atoms in total. The van der Waals surface area contributed by atoms with E-state index in [2.05, 4.69) is 11.9 Å². The van der Waals surface area contributed by atoms with Gasteiger partial charge in [0.05, 0.1) is 6.42 Å². The maximum absolute atomic E-state index is 11.6. The van der Waals surface area contributed by atoms with Gasteiger partial charge in [0.25, 0.3) is 0 Å². The van der Waals surface area contributed by atoms with Gasteiger partial charge in [-0.05, 0) is 18.4 Å². The number of carboxylic acids is 1. The fourth-order valence-electron chi connectivity index (χ4n) is 1.81. The van der Waals surface area contributed by atoms with Crippen molar-refractivity contribution in [2.45, 2.75) is 31.7 Å². The van der Waals surface area contributed by atoms with Crippen LogP contribution in [0.25, 0.3) is 0 Å². The predicted octanol–water partition coefficient (Wildman–Crippen LogP) is 2.15. The van der Waals surface area contributed by atoms with Crippen molar-refractivity contribution < 1.29 is 14.7 Å². The van der Waals surface area contributed by atoms with Crippen LogP contribution in [0.3, 0.4) is 0 Å². The SMILES string of the molecule is C=CC[C@@H](Cc1ccccc1)NC(=O)CCC(=O)O. The van der Waals surface area contributed by atoms with Gasteiger partial charge in [-0.3, -0.25) is 9.59 Å². The van der Waals surface area contributed by atoms with Gasteiger partial charge in [0.15, 0.2) is 0 Å². The molecule has 1 rings (SSSR count). The van der Waals surface area contributed by atoms with Gasteiger partial charge in [-0.2, -0.15) is 0 Å². The Morgan fingerprint density at radius 3 is 2.53 bits per heavy atom. The quantitative estimate of drug-likeness (QED) is 0.705. The van der Waals surface area contributed by atoms with Crippen LogP contribution in [0.2, 0.25) is 0 Å². The first kappa shape index (κ1) is 15.0. The Labute approximate surface area is 113 Å². The number of amides is 1. The minimum Gasteiger partial charge on any atom is -0.481 e. The molecule has 2 N–H and O–H groups in total. The van der Waals surface area contributed by atoms with E-state index in [1.54, 1.807) is 6.08 Å². The van der Waals surface area contributed by atoms with E-state index < -0.39 is 5.97 Å². The highest BCUT2D eigenvalue weighted by Gasteiger charge is 2.12. The molecule has 0 saturated heterocycles. The number of nitrogens with one attached hydrogen (secondary N) is 1. The van der Waals surface area contributed by atoms with E-state index in [-0.39, 0.29) is 24.8 Å². The lowest BCUT2D eigenvalue weighted by Crippen LogP contribution is -2.36. The van der Waals surface area contributed by atoms with Crippen LogP contribution in [0.15, 0.2) is 43.0 Å². The van der Waals surface area contributed by atoms with Crippen molar-refractivity contribution >= 4 is 11.9 Å². The molecular formula is C15H19NO3. The van der Waals surface area contributed by atoms with Crippen LogP contribution in [0.5, 0.6) is 0 Å². The smallest absolute Gasteiger partial charge is 0.303 e. The summed E-state index contributed by atoms with van der Waals surface area (Å²) < 4.78 is 0. The average molecular weight is 261 g/mol. The van der Waals surface area contributed by atoms with Gasteiger partial charge in [-0.1, -0.05) is 36.4 Å². The second-order valence-electron chi connectivity index (χ2n) is 4.37. The largest absolute Gasteiger partial charge is 0.481 e. The number of hydrogen-bond acceptors (Lipinski definition) is 2. The third-order valence-electron chi connectivity index (χ3n) is 2.71. The lowest BCUT2D eigenvalue weighted by Gasteiger charge is -2.17. The highest BCUT2D eigenvalue weighted by molar-refractivity contribution is 5.80. The van der Waals surface area contributed by atoms with Crippen LogP contribution in [0, 0.1) is 0 Å². The molecule has 0 aliphatic carbocycles. The number of carboxylic acid groups (broad SMARTS) is 1. The normalized spacial score (nSPS) is 11.6. The Bertz CT molecular complexity index is 428. The molecule has 0 radical (unpaired) electrons. The van der Waals surface area contributed by atoms with Crippen LogP contribution in [-0.4, -0.2) is 23.0 Å². The molecule has 0 spiro atoms. The molecule has 1 amide bonds. The molecule has 0 bridgehead atoms. The molecule has 1 atom stereocenters. The van der Waals surface area contributed by atoms with E-state index in [9.17, 15) is 9.59 Å². The van der Waals surface area contributed by atoms with E-state index in [0.29, 0.717) is 12.8 Å². The summed E-state index contributed by atoms with van der Waals surface area (Å²) in [6.07, 6.45) is 3.00. The molecule has 1 aromatic carbocycles. The predicted molar refractivity (Wildman–Crippen MR) is 73.8 cm³/mol. The number of aliphatic carboxylic acids is 1. The van der Waals surface area contributed by atoms with Gasteiger partial charge >= 0.3 is 5.97 Å². The Kier molecular flexibility index (Phi) is 6.36. The zero-order chi connectivity index (χ0) is 14.1. The minimum atomic E-state index is -0.960. The van der Waals surface area contributed by atoms with Gasteiger partial charge in [-0.15, -0.1) is 6.58 Å². The topological polar surface area (TPSA) is 66.4 Å².